The lowest BCUT2D eigenvalue weighted by Crippen LogP contribution is -2.28. The van der Waals surface area contributed by atoms with E-state index < -0.39 is 0 Å². The van der Waals surface area contributed by atoms with Crippen LogP contribution in [0, 0.1) is 6.92 Å². The van der Waals surface area contributed by atoms with Crippen molar-refractivity contribution in [1.29, 1.82) is 0 Å². The molecule has 0 fully saturated rings. The Morgan fingerprint density at radius 2 is 2.31 bits per heavy atom. The Balaban J connectivity index is 3.32. The highest BCUT2D eigenvalue weighted by molar-refractivity contribution is 5.37. The second-order valence-corrected chi connectivity index (χ2v) is 2.91. The number of hydrogen-bond donors (Lipinski definition) is 0. The summed E-state index contributed by atoms with van der Waals surface area (Å²) in [5.41, 5.74) is 1.06. The van der Waals surface area contributed by atoms with Crippen LogP contribution >= 0.6 is 0 Å². The first-order valence-electron chi connectivity index (χ1n) is 4.06. The highest BCUT2D eigenvalue weighted by Crippen LogP contribution is 1.91. The average Bonchev–Trinajstić information content (AvgIpc) is 2.07. The number of hydrogen-bond acceptors (Lipinski definition) is 1. The first-order valence-corrected chi connectivity index (χ1v) is 4.06. The summed E-state index contributed by atoms with van der Waals surface area (Å²) in [5, 5.41) is 1.57. The lowest BCUT2D eigenvalue weighted by Gasteiger charge is -1.91. The number of halogens is 1. The molecule has 0 unspecified atom stereocenters. The third kappa shape index (κ3) is 2.51. The van der Waals surface area contributed by atoms with Gasteiger partial charge in [-0.2, -0.15) is 0 Å². The minimum Gasteiger partial charge on any atom is -0.256 e. The molecule has 1 rings (SSSR count). The zero-order valence-corrected chi connectivity index (χ0v) is 7.84. The number of nitrogens with zero attached hydrogens (tertiary/aromatic N) is 1. The molecule has 0 spiro atoms. The Morgan fingerprint density at radius 3 is 2.92 bits per heavy atom. The maximum Gasteiger partial charge on any atom is 0.0969 e. The van der Waals surface area contributed by atoms with Gasteiger partial charge in [0, 0.05) is 6.20 Å². The predicted octanol–water partition coefficient (Wildman–Crippen LogP) is 1.45. The van der Waals surface area contributed by atoms with E-state index in [2.05, 4.69) is 11.6 Å². The van der Waals surface area contributed by atoms with Crippen LogP contribution in [0.5, 0.6) is 0 Å². The van der Waals surface area contributed by atoms with E-state index in [0.29, 0.717) is 0 Å². The Morgan fingerprint density at radius 1 is 1.62 bits per heavy atom. The molecule has 1 aromatic heterocycles. The molecule has 0 radical (unpaired) electrons. The van der Waals surface area contributed by atoms with Crippen molar-refractivity contribution in [3.63, 3.8) is 0 Å². The third-order valence-electron chi connectivity index (χ3n) is 1.79. The molecule has 0 atom stereocenters. The number of aryl methyl sites for hydroxylation is 1. The van der Waals surface area contributed by atoms with Gasteiger partial charge in [-0.05, 0) is 42.8 Å². The average molecular weight is 177 g/mol. The van der Waals surface area contributed by atoms with Gasteiger partial charge in [0.25, 0.3) is 0 Å². The monoisotopic (exact) mass is 177 g/mol. The lowest BCUT2D eigenvalue weighted by molar-refractivity contribution is 0.641. The van der Waals surface area contributed by atoms with Crippen LogP contribution in [0.3, 0.4) is 0 Å². The zero-order chi connectivity index (χ0) is 9.84. The van der Waals surface area contributed by atoms with Crippen molar-refractivity contribution in [2.24, 2.45) is 0 Å². The molecule has 0 saturated heterocycles. The standard InChI is InChI=1S/C11H12FN/c1-8-6-7-13-11(10(8)3)5-4-9(2)12/h4-7H,3H2,1-2H3/b9-4+,11-5+. The van der Waals surface area contributed by atoms with Crippen LogP contribution in [0.4, 0.5) is 4.39 Å². The molecule has 0 saturated carbocycles. The second kappa shape index (κ2) is 3.99. The molecule has 0 N–H and O–H groups in total. The molecular formula is C11H12FN. The molecule has 0 aliphatic rings. The smallest absolute Gasteiger partial charge is 0.0969 e. The number of rotatable bonds is 1. The van der Waals surface area contributed by atoms with Gasteiger partial charge in [0.1, 0.15) is 0 Å². The van der Waals surface area contributed by atoms with Gasteiger partial charge in [-0.15, -0.1) is 0 Å². The minimum absolute atomic E-state index is 0.234. The number of allylic oxidation sites excluding steroid dienone is 2. The maximum absolute atomic E-state index is 12.4. The Bertz CT molecular complexity index is 428. The van der Waals surface area contributed by atoms with Crippen LogP contribution in [0.1, 0.15) is 12.5 Å². The Kier molecular flexibility index (Phi) is 2.96. The fourth-order valence-corrected chi connectivity index (χ4v) is 0.947. The van der Waals surface area contributed by atoms with Gasteiger partial charge in [0.05, 0.1) is 11.2 Å². The molecule has 0 bridgehead atoms. The molecule has 0 aliphatic heterocycles. The van der Waals surface area contributed by atoms with Crippen molar-refractivity contribution in [2.45, 2.75) is 13.8 Å². The van der Waals surface area contributed by atoms with Gasteiger partial charge < -0.3 is 0 Å². The lowest BCUT2D eigenvalue weighted by atomic mass is 10.2. The van der Waals surface area contributed by atoms with E-state index in [1.807, 2.05) is 13.0 Å². The third-order valence-corrected chi connectivity index (χ3v) is 1.79. The molecule has 0 aromatic carbocycles. The summed E-state index contributed by atoms with van der Waals surface area (Å²) in [7, 11) is 0. The summed E-state index contributed by atoms with van der Waals surface area (Å²) in [5.74, 6) is -0.234. The van der Waals surface area contributed by atoms with E-state index >= 15 is 0 Å². The predicted molar refractivity (Wildman–Crippen MR) is 53.1 cm³/mol. The fraction of sp³-hybridized carbons (Fsp3) is 0.182. The molecule has 1 heterocycles. The summed E-state index contributed by atoms with van der Waals surface area (Å²) >= 11 is 0. The topological polar surface area (TPSA) is 12.9 Å². The van der Waals surface area contributed by atoms with Crippen LogP contribution in [-0.2, 0) is 0 Å². The van der Waals surface area contributed by atoms with E-state index in [9.17, 15) is 4.39 Å². The molecule has 13 heavy (non-hydrogen) atoms. The fourth-order valence-electron chi connectivity index (χ4n) is 0.947. The van der Waals surface area contributed by atoms with E-state index in [1.54, 1.807) is 12.3 Å². The summed E-state index contributed by atoms with van der Waals surface area (Å²) in [6.45, 7) is 7.20. The van der Waals surface area contributed by atoms with Crippen LogP contribution in [0.25, 0.3) is 12.7 Å². The van der Waals surface area contributed by atoms with Gasteiger partial charge in [0.15, 0.2) is 0 Å². The van der Waals surface area contributed by atoms with Crippen LogP contribution in [0.2, 0.25) is 0 Å². The summed E-state index contributed by atoms with van der Waals surface area (Å²) in [4.78, 5) is 4.08. The largest absolute Gasteiger partial charge is 0.256 e. The molecule has 0 aliphatic carbocycles. The maximum atomic E-state index is 12.4. The summed E-state index contributed by atoms with van der Waals surface area (Å²) < 4.78 is 12.4. The highest BCUT2D eigenvalue weighted by atomic mass is 19.1. The van der Waals surface area contributed by atoms with Gasteiger partial charge in [-0.3, -0.25) is 4.98 Å². The van der Waals surface area contributed by atoms with Crippen molar-refractivity contribution in [2.75, 3.05) is 0 Å². The first-order chi connectivity index (χ1) is 6.11. The van der Waals surface area contributed by atoms with Crippen molar-refractivity contribution in [3.8, 4) is 0 Å². The first kappa shape index (κ1) is 9.65. The molecule has 2 heteroatoms. The summed E-state index contributed by atoms with van der Waals surface area (Å²) in [6.07, 6.45) is 4.71. The Hall–Kier alpha value is -1.44. The van der Waals surface area contributed by atoms with Crippen molar-refractivity contribution in [3.05, 3.63) is 40.3 Å². The van der Waals surface area contributed by atoms with Gasteiger partial charge in [-0.1, -0.05) is 6.58 Å². The van der Waals surface area contributed by atoms with Crippen molar-refractivity contribution in [1.82, 2.24) is 4.98 Å². The van der Waals surface area contributed by atoms with E-state index in [4.69, 9.17) is 0 Å². The molecule has 68 valence electrons. The minimum atomic E-state index is -0.234. The number of pyridine rings is 1. The van der Waals surface area contributed by atoms with Crippen LogP contribution in [0.15, 0.2) is 24.2 Å². The zero-order valence-electron chi connectivity index (χ0n) is 7.84. The van der Waals surface area contributed by atoms with Gasteiger partial charge in [0.2, 0.25) is 0 Å². The molecule has 0 amide bonds. The molecule has 1 nitrogen and oxygen atoms in total. The van der Waals surface area contributed by atoms with Gasteiger partial charge >= 0.3 is 0 Å². The van der Waals surface area contributed by atoms with Gasteiger partial charge in [-0.25, -0.2) is 4.39 Å². The molecule has 1 aromatic rings. The quantitative estimate of drug-likeness (QED) is 0.632. The normalized spacial score (nSPS) is 13.5. The van der Waals surface area contributed by atoms with E-state index in [0.717, 1.165) is 16.1 Å². The van der Waals surface area contributed by atoms with Crippen molar-refractivity contribution < 1.29 is 4.39 Å². The second-order valence-electron chi connectivity index (χ2n) is 2.91. The van der Waals surface area contributed by atoms with Crippen LogP contribution in [-0.4, -0.2) is 4.98 Å². The van der Waals surface area contributed by atoms with E-state index in [-0.39, 0.29) is 5.83 Å². The van der Waals surface area contributed by atoms with E-state index in [1.165, 1.54) is 13.0 Å². The van der Waals surface area contributed by atoms with Crippen molar-refractivity contribution >= 4 is 12.7 Å². The summed E-state index contributed by atoms with van der Waals surface area (Å²) in [6, 6.07) is 1.88. The molecular weight excluding hydrogens is 165 g/mol. The number of aromatic nitrogens is 1. The van der Waals surface area contributed by atoms with Crippen LogP contribution < -0.4 is 10.6 Å². The Labute approximate surface area is 76.9 Å². The highest BCUT2D eigenvalue weighted by Gasteiger charge is 1.87. The SMILES string of the molecule is C=c1c(C)ccn/c1=C/C=C(\C)F.